The van der Waals surface area contributed by atoms with Crippen LogP contribution in [0.4, 0.5) is 4.39 Å². The smallest absolute Gasteiger partial charge is 0.307 e. The maximum atomic E-state index is 13.4. The monoisotopic (exact) mass is 224 g/mol. The van der Waals surface area contributed by atoms with Gasteiger partial charge in [-0.2, -0.15) is 0 Å². The van der Waals surface area contributed by atoms with Crippen molar-refractivity contribution in [2.45, 2.75) is 13.3 Å². The van der Waals surface area contributed by atoms with E-state index in [-0.39, 0.29) is 6.42 Å². The van der Waals surface area contributed by atoms with Gasteiger partial charge >= 0.3 is 5.97 Å². The molecule has 0 aliphatic rings. The van der Waals surface area contributed by atoms with Crippen LogP contribution in [-0.2, 0) is 4.79 Å². The van der Waals surface area contributed by atoms with E-state index in [0.717, 1.165) is 0 Å². The van der Waals surface area contributed by atoms with E-state index in [2.05, 4.69) is 0 Å². The molecule has 0 aliphatic carbocycles. The molecular formula is C12H13FO3. The first-order valence-electron chi connectivity index (χ1n) is 4.94. The van der Waals surface area contributed by atoms with Gasteiger partial charge in [0.05, 0.1) is 13.0 Å². The molecule has 0 aliphatic heterocycles. The van der Waals surface area contributed by atoms with Crippen LogP contribution in [0.3, 0.4) is 0 Å². The molecule has 0 amide bonds. The molecule has 16 heavy (non-hydrogen) atoms. The Morgan fingerprint density at radius 2 is 2.31 bits per heavy atom. The highest BCUT2D eigenvalue weighted by Gasteiger charge is 2.01. The molecule has 0 fully saturated rings. The summed E-state index contributed by atoms with van der Waals surface area (Å²) in [5.74, 6) is -0.898. The fourth-order valence-corrected chi connectivity index (χ4v) is 1.19. The molecule has 1 aromatic carbocycles. The number of ether oxygens (including phenoxy) is 1. The van der Waals surface area contributed by atoms with Gasteiger partial charge in [-0.05, 0) is 19.1 Å². The minimum absolute atomic E-state index is 0.118. The summed E-state index contributed by atoms with van der Waals surface area (Å²) < 4.78 is 18.5. The van der Waals surface area contributed by atoms with E-state index in [1.165, 1.54) is 18.2 Å². The van der Waals surface area contributed by atoms with Crippen LogP contribution in [0.15, 0.2) is 24.3 Å². The van der Waals surface area contributed by atoms with Crippen LogP contribution in [-0.4, -0.2) is 17.7 Å². The molecule has 1 rings (SSSR count). The van der Waals surface area contributed by atoms with Gasteiger partial charge in [0.25, 0.3) is 0 Å². The van der Waals surface area contributed by atoms with Gasteiger partial charge in [-0.15, -0.1) is 0 Å². The predicted octanol–water partition coefficient (Wildman–Crippen LogP) is 2.71. The van der Waals surface area contributed by atoms with Crippen molar-refractivity contribution < 1.29 is 19.0 Å². The van der Waals surface area contributed by atoms with E-state index in [4.69, 9.17) is 9.84 Å². The summed E-state index contributed by atoms with van der Waals surface area (Å²) in [4.78, 5) is 10.2. The molecule has 0 spiro atoms. The van der Waals surface area contributed by atoms with Crippen LogP contribution in [0.5, 0.6) is 5.75 Å². The number of benzene rings is 1. The molecule has 4 heteroatoms. The van der Waals surface area contributed by atoms with Crippen LogP contribution in [0.2, 0.25) is 0 Å². The van der Waals surface area contributed by atoms with E-state index in [1.54, 1.807) is 12.1 Å². The molecule has 3 nitrogen and oxygen atoms in total. The Labute approximate surface area is 93.2 Å². The average Bonchev–Trinajstić information content (AvgIpc) is 2.21. The number of aliphatic carboxylic acids is 1. The van der Waals surface area contributed by atoms with Crippen molar-refractivity contribution in [3.05, 3.63) is 35.7 Å². The van der Waals surface area contributed by atoms with Crippen molar-refractivity contribution in [3.63, 3.8) is 0 Å². The number of carboxylic acids is 1. The van der Waals surface area contributed by atoms with Gasteiger partial charge in [0.1, 0.15) is 11.6 Å². The number of halogens is 1. The fourth-order valence-electron chi connectivity index (χ4n) is 1.19. The van der Waals surface area contributed by atoms with Crippen molar-refractivity contribution in [1.29, 1.82) is 0 Å². The normalized spacial score (nSPS) is 10.6. The first-order valence-corrected chi connectivity index (χ1v) is 4.94. The summed E-state index contributed by atoms with van der Waals surface area (Å²) in [6.45, 7) is 2.30. The van der Waals surface area contributed by atoms with Gasteiger partial charge in [0.2, 0.25) is 0 Å². The summed E-state index contributed by atoms with van der Waals surface area (Å²) >= 11 is 0. The fraction of sp³-hybridized carbons (Fsp3) is 0.250. The SMILES string of the molecule is CCOc1ccc(C=CCC(=O)O)c(F)c1. The average molecular weight is 224 g/mol. The molecule has 86 valence electrons. The first kappa shape index (κ1) is 12.2. The van der Waals surface area contributed by atoms with E-state index in [9.17, 15) is 9.18 Å². The van der Waals surface area contributed by atoms with Crippen LogP contribution < -0.4 is 4.74 Å². The standard InChI is InChI=1S/C12H13FO3/c1-2-16-10-7-6-9(11(13)8-10)4-3-5-12(14)15/h3-4,6-8H,2,5H2,1H3,(H,14,15). The lowest BCUT2D eigenvalue weighted by molar-refractivity contribution is -0.135. The van der Waals surface area contributed by atoms with Gasteiger partial charge in [-0.3, -0.25) is 4.79 Å². The van der Waals surface area contributed by atoms with Gasteiger partial charge in [0.15, 0.2) is 0 Å². The Bertz CT molecular complexity index is 399. The second-order valence-electron chi connectivity index (χ2n) is 3.12. The summed E-state index contributed by atoms with van der Waals surface area (Å²) in [5.41, 5.74) is 0.352. The Morgan fingerprint density at radius 3 is 2.88 bits per heavy atom. The van der Waals surface area contributed by atoms with Crippen LogP contribution in [0.1, 0.15) is 18.9 Å². The summed E-state index contributed by atoms with van der Waals surface area (Å²) in [5, 5.41) is 8.41. The van der Waals surface area contributed by atoms with Gasteiger partial charge in [0, 0.05) is 11.6 Å². The Morgan fingerprint density at radius 1 is 1.56 bits per heavy atom. The minimum atomic E-state index is -0.942. The topological polar surface area (TPSA) is 46.5 Å². The zero-order valence-corrected chi connectivity index (χ0v) is 8.94. The second kappa shape index (κ2) is 5.90. The highest BCUT2D eigenvalue weighted by atomic mass is 19.1. The maximum absolute atomic E-state index is 13.4. The van der Waals surface area contributed by atoms with E-state index in [0.29, 0.717) is 17.9 Å². The molecule has 0 atom stereocenters. The molecule has 0 bridgehead atoms. The quantitative estimate of drug-likeness (QED) is 0.836. The Hall–Kier alpha value is -1.84. The lowest BCUT2D eigenvalue weighted by Gasteiger charge is -2.03. The maximum Gasteiger partial charge on any atom is 0.307 e. The summed E-state index contributed by atoms with van der Waals surface area (Å²) in [7, 11) is 0. The first-order chi connectivity index (χ1) is 7.63. The second-order valence-corrected chi connectivity index (χ2v) is 3.12. The number of hydrogen-bond donors (Lipinski definition) is 1. The molecule has 0 heterocycles. The zero-order chi connectivity index (χ0) is 12.0. The van der Waals surface area contributed by atoms with Crippen molar-refractivity contribution in [3.8, 4) is 5.75 Å². The third-order valence-corrected chi connectivity index (χ3v) is 1.87. The third kappa shape index (κ3) is 3.73. The highest BCUT2D eigenvalue weighted by molar-refractivity contribution is 5.70. The highest BCUT2D eigenvalue weighted by Crippen LogP contribution is 2.17. The van der Waals surface area contributed by atoms with E-state index >= 15 is 0 Å². The molecule has 0 aromatic heterocycles. The molecule has 0 saturated heterocycles. The van der Waals surface area contributed by atoms with Crippen LogP contribution in [0.25, 0.3) is 6.08 Å². The third-order valence-electron chi connectivity index (χ3n) is 1.87. The van der Waals surface area contributed by atoms with E-state index in [1.807, 2.05) is 6.92 Å². The molecule has 0 unspecified atom stereocenters. The van der Waals surface area contributed by atoms with Crippen molar-refractivity contribution in [2.75, 3.05) is 6.61 Å². The lowest BCUT2D eigenvalue weighted by atomic mass is 10.2. The number of carboxylic acid groups (broad SMARTS) is 1. The number of hydrogen-bond acceptors (Lipinski definition) is 2. The molecule has 0 radical (unpaired) electrons. The van der Waals surface area contributed by atoms with Crippen molar-refractivity contribution in [1.82, 2.24) is 0 Å². The number of rotatable bonds is 5. The van der Waals surface area contributed by atoms with E-state index < -0.39 is 11.8 Å². The van der Waals surface area contributed by atoms with Crippen LogP contribution >= 0.6 is 0 Å². The molecule has 0 saturated carbocycles. The Kier molecular flexibility index (Phi) is 4.51. The minimum Gasteiger partial charge on any atom is -0.494 e. The predicted molar refractivity (Wildman–Crippen MR) is 58.9 cm³/mol. The Balaban J connectivity index is 2.74. The summed E-state index contributed by atoms with van der Waals surface area (Å²) in [6.07, 6.45) is 2.73. The molecule has 1 N–H and O–H groups in total. The van der Waals surface area contributed by atoms with Gasteiger partial charge in [-0.25, -0.2) is 4.39 Å². The molecule has 1 aromatic rings. The van der Waals surface area contributed by atoms with Gasteiger partial charge < -0.3 is 9.84 Å². The van der Waals surface area contributed by atoms with Crippen molar-refractivity contribution >= 4 is 12.0 Å². The molecular weight excluding hydrogens is 211 g/mol. The summed E-state index contributed by atoms with van der Waals surface area (Å²) in [6, 6.07) is 4.48. The van der Waals surface area contributed by atoms with Crippen LogP contribution in [0, 0.1) is 5.82 Å². The zero-order valence-electron chi connectivity index (χ0n) is 8.94. The van der Waals surface area contributed by atoms with Crippen molar-refractivity contribution in [2.24, 2.45) is 0 Å². The number of carbonyl (C=O) groups is 1. The van der Waals surface area contributed by atoms with Gasteiger partial charge in [-0.1, -0.05) is 12.2 Å². The lowest BCUT2D eigenvalue weighted by Crippen LogP contribution is -1.93. The largest absolute Gasteiger partial charge is 0.494 e.